The molecular weight excluding hydrogens is 729 g/mol. The van der Waals surface area contributed by atoms with E-state index < -0.39 is 0 Å². The van der Waals surface area contributed by atoms with E-state index in [-0.39, 0.29) is 0 Å². The third kappa shape index (κ3) is 10.1. The molecule has 0 bridgehead atoms. The molecule has 9 aromatic carbocycles. The Morgan fingerprint density at radius 1 is 0.288 bits per heavy atom. The number of aryl methyl sites for hydroxylation is 6. The molecule has 0 amide bonds. The molecule has 0 spiro atoms. The molecule has 0 aliphatic heterocycles. The van der Waals surface area contributed by atoms with Gasteiger partial charge in [-0.25, -0.2) is 0 Å². The number of rotatable bonds is 3. The van der Waals surface area contributed by atoms with Gasteiger partial charge in [-0.3, -0.25) is 0 Å². The van der Waals surface area contributed by atoms with Crippen molar-refractivity contribution in [1.29, 1.82) is 0 Å². The standard InChI is InChI=1S/C21H20.C19H14S.C11H10.C7H8/c1-15-8-11-18(12-9-15)19-13-10-17(3)21(14-19)20-7-5-4-6-16(20)2;1-13-9-11-14(12-10-13)15-6-4-7-17-16-5-2-3-8-18(16)20-19(15)17;1-9-5-4-7-10-6-2-3-8-11(9)10;1-7-5-3-2-4-6-7/h4-14H,1-3H3;2-12H,1H3;2-8H,1H3;2-6H,1H3. The summed E-state index contributed by atoms with van der Waals surface area (Å²) in [6.07, 6.45) is 0. The van der Waals surface area contributed by atoms with Crippen molar-refractivity contribution in [2.75, 3.05) is 0 Å². The third-order valence-electron chi connectivity index (χ3n) is 10.8. The van der Waals surface area contributed by atoms with Gasteiger partial charge in [0.05, 0.1) is 0 Å². The summed E-state index contributed by atoms with van der Waals surface area (Å²) in [7, 11) is 0. The van der Waals surface area contributed by atoms with Gasteiger partial charge in [0.1, 0.15) is 0 Å². The van der Waals surface area contributed by atoms with E-state index in [2.05, 4.69) is 230 Å². The van der Waals surface area contributed by atoms with Gasteiger partial charge >= 0.3 is 0 Å². The van der Waals surface area contributed by atoms with Crippen molar-refractivity contribution in [1.82, 2.24) is 0 Å². The lowest BCUT2D eigenvalue weighted by molar-refractivity contribution is 1.40. The van der Waals surface area contributed by atoms with Crippen molar-refractivity contribution >= 4 is 42.3 Å². The van der Waals surface area contributed by atoms with Crippen LogP contribution >= 0.6 is 11.3 Å². The maximum Gasteiger partial charge on any atom is 0.0433 e. The van der Waals surface area contributed by atoms with Crippen LogP contribution < -0.4 is 0 Å². The number of hydrogen-bond donors (Lipinski definition) is 0. The van der Waals surface area contributed by atoms with Gasteiger partial charge in [-0.15, -0.1) is 11.3 Å². The summed E-state index contributed by atoms with van der Waals surface area (Å²) < 4.78 is 2.75. The molecule has 59 heavy (non-hydrogen) atoms. The monoisotopic (exact) mass is 780 g/mol. The molecule has 0 radical (unpaired) electrons. The van der Waals surface area contributed by atoms with E-state index in [1.54, 1.807) is 0 Å². The van der Waals surface area contributed by atoms with Crippen LogP contribution in [-0.2, 0) is 0 Å². The Morgan fingerprint density at radius 2 is 0.780 bits per heavy atom. The fraction of sp³-hybridized carbons (Fsp3) is 0.103. The van der Waals surface area contributed by atoms with Crippen molar-refractivity contribution in [3.63, 3.8) is 0 Å². The fourth-order valence-corrected chi connectivity index (χ4v) is 8.58. The smallest absolute Gasteiger partial charge is 0.0433 e. The van der Waals surface area contributed by atoms with E-state index in [0.29, 0.717) is 0 Å². The van der Waals surface area contributed by atoms with Crippen LogP contribution in [0.15, 0.2) is 206 Å². The van der Waals surface area contributed by atoms with Crippen LogP contribution in [0.5, 0.6) is 0 Å². The summed E-state index contributed by atoms with van der Waals surface area (Å²) in [5, 5.41) is 5.41. The normalized spacial score (nSPS) is 10.5. The van der Waals surface area contributed by atoms with Gasteiger partial charge in [-0.1, -0.05) is 211 Å². The highest BCUT2D eigenvalue weighted by Crippen LogP contribution is 2.39. The first-order valence-electron chi connectivity index (χ1n) is 20.4. The number of benzene rings is 9. The third-order valence-corrected chi connectivity index (χ3v) is 12.0. The summed E-state index contributed by atoms with van der Waals surface area (Å²) >= 11 is 1.89. The van der Waals surface area contributed by atoms with Crippen molar-refractivity contribution in [3.05, 3.63) is 240 Å². The summed E-state index contributed by atoms with van der Waals surface area (Å²) in [4.78, 5) is 0. The van der Waals surface area contributed by atoms with Crippen LogP contribution in [0.3, 0.4) is 0 Å². The van der Waals surface area contributed by atoms with Crippen LogP contribution in [-0.4, -0.2) is 0 Å². The van der Waals surface area contributed by atoms with E-state index in [4.69, 9.17) is 0 Å². The Kier molecular flexibility index (Phi) is 13.3. The lowest BCUT2D eigenvalue weighted by atomic mass is 9.93. The SMILES string of the molecule is Cc1ccc(-c2ccc(C)c(-c3ccccc3C)c2)cc1.Cc1ccc(-c2cccc3c2sc2ccccc23)cc1.Cc1cccc2ccccc12.Cc1ccccc1. The lowest BCUT2D eigenvalue weighted by Crippen LogP contribution is -1.88. The molecule has 0 aliphatic rings. The van der Waals surface area contributed by atoms with E-state index >= 15 is 0 Å². The molecule has 0 atom stereocenters. The van der Waals surface area contributed by atoms with E-state index in [1.165, 1.54) is 97.7 Å². The van der Waals surface area contributed by atoms with Crippen LogP contribution in [0.1, 0.15) is 33.4 Å². The van der Waals surface area contributed by atoms with Gasteiger partial charge < -0.3 is 0 Å². The van der Waals surface area contributed by atoms with Crippen molar-refractivity contribution < 1.29 is 0 Å². The highest BCUT2D eigenvalue weighted by Gasteiger charge is 2.10. The second kappa shape index (κ2) is 19.3. The van der Waals surface area contributed by atoms with Gasteiger partial charge in [-0.05, 0) is 115 Å². The minimum absolute atomic E-state index is 1.27. The molecule has 0 fully saturated rings. The molecule has 0 aliphatic carbocycles. The molecule has 290 valence electrons. The summed E-state index contributed by atoms with van der Waals surface area (Å²) in [5.41, 5.74) is 15.7. The number of fused-ring (bicyclic) bond motifs is 4. The molecule has 1 aromatic heterocycles. The first kappa shape index (κ1) is 40.6. The van der Waals surface area contributed by atoms with Crippen molar-refractivity contribution in [2.45, 2.75) is 41.5 Å². The van der Waals surface area contributed by atoms with Crippen molar-refractivity contribution in [3.8, 4) is 33.4 Å². The Morgan fingerprint density at radius 3 is 1.46 bits per heavy atom. The molecule has 1 heteroatoms. The van der Waals surface area contributed by atoms with Crippen LogP contribution in [0.4, 0.5) is 0 Å². The molecule has 0 nitrogen and oxygen atoms in total. The maximum atomic E-state index is 2.31. The Bertz CT molecular complexity index is 2910. The second-order valence-electron chi connectivity index (χ2n) is 15.3. The Hall–Kier alpha value is -6.54. The van der Waals surface area contributed by atoms with Gasteiger partial charge in [0.25, 0.3) is 0 Å². The van der Waals surface area contributed by atoms with Gasteiger partial charge in [0.15, 0.2) is 0 Å². The highest BCUT2D eigenvalue weighted by molar-refractivity contribution is 7.26. The highest BCUT2D eigenvalue weighted by atomic mass is 32.1. The minimum Gasteiger partial charge on any atom is -0.135 e. The Labute approximate surface area is 355 Å². The zero-order chi connectivity index (χ0) is 41.1. The average Bonchev–Trinajstić information content (AvgIpc) is 3.65. The predicted octanol–water partition coefficient (Wildman–Crippen LogP) is 17.1. The number of thiophene rings is 1. The van der Waals surface area contributed by atoms with Crippen molar-refractivity contribution in [2.24, 2.45) is 0 Å². The number of hydrogen-bond acceptors (Lipinski definition) is 1. The topological polar surface area (TPSA) is 0 Å². The van der Waals surface area contributed by atoms with E-state index in [1.807, 2.05) is 29.5 Å². The first-order chi connectivity index (χ1) is 28.7. The fourth-order valence-electron chi connectivity index (χ4n) is 7.34. The van der Waals surface area contributed by atoms with Crippen LogP contribution in [0, 0.1) is 41.5 Å². The molecule has 1 heterocycles. The summed E-state index contributed by atoms with van der Waals surface area (Å²) in [5.74, 6) is 0. The first-order valence-corrected chi connectivity index (χ1v) is 21.2. The average molecular weight is 781 g/mol. The van der Waals surface area contributed by atoms with Crippen LogP contribution in [0.25, 0.3) is 64.3 Å². The zero-order valence-electron chi connectivity index (χ0n) is 35.0. The molecule has 0 unspecified atom stereocenters. The predicted molar refractivity (Wildman–Crippen MR) is 261 cm³/mol. The van der Waals surface area contributed by atoms with Gasteiger partial charge in [0, 0.05) is 20.2 Å². The molecular formula is C58H52S. The second-order valence-corrected chi connectivity index (χ2v) is 16.4. The summed E-state index contributed by atoms with van der Waals surface area (Å²) in [6, 6.07) is 73.2. The molecule has 0 N–H and O–H groups in total. The molecule has 10 aromatic rings. The maximum absolute atomic E-state index is 2.31. The molecule has 0 saturated heterocycles. The molecule has 0 saturated carbocycles. The van der Waals surface area contributed by atoms with E-state index in [9.17, 15) is 0 Å². The zero-order valence-corrected chi connectivity index (χ0v) is 35.9. The Balaban J connectivity index is 0.000000128. The van der Waals surface area contributed by atoms with E-state index in [0.717, 1.165) is 0 Å². The molecule has 10 rings (SSSR count). The summed E-state index contributed by atoms with van der Waals surface area (Å²) in [6.45, 7) is 12.8. The van der Waals surface area contributed by atoms with Gasteiger partial charge in [0.2, 0.25) is 0 Å². The van der Waals surface area contributed by atoms with Gasteiger partial charge in [-0.2, -0.15) is 0 Å². The lowest BCUT2D eigenvalue weighted by Gasteiger charge is -2.12. The quantitative estimate of drug-likeness (QED) is 0.168. The largest absolute Gasteiger partial charge is 0.135 e. The minimum atomic E-state index is 1.27. The van der Waals surface area contributed by atoms with Crippen LogP contribution in [0.2, 0.25) is 0 Å².